The van der Waals surface area contributed by atoms with Crippen LogP contribution in [-0.2, 0) is 10.0 Å². The van der Waals surface area contributed by atoms with Gasteiger partial charge in [0.15, 0.2) is 0 Å². The van der Waals surface area contributed by atoms with Gasteiger partial charge in [-0.25, -0.2) is 8.42 Å². The monoisotopic (exact) mass is 229 g/mol. The second-order valence-electron chi connectivity index (χ2n) is 3.38. The van der Waals surface area contributed by atoms with Crippen molar-refractivity contribution in [2.24, 2.45) is 0 Å². The van der Waals surface area contributed by atoms with E-state index in [2.05, 4.69) is 0 Å². The van der Waals surface area contributed by atoms with Gasteiger partial charge in [-0.3, -0.25) is 4.31 Å². The molecule has 0 bridgehead atoms. The van der Waals surface area contributed by atoms with E-state index in [0.717, 1.165) is 11.3 Å². The van der Waals surface area contributed by atoms with Crippen LogP contribution < -0.4 is 9.04 Å². The lowest BCUT2D eigenvalue weighted by atomic mass is 10.2. The van der Waals surface area contributed by atoms with Gasteiger partial charge in [0.05, 0.1) is 19.1 Å². The summed E-state index contributed by atoms with van der Waals surface area (Å²) in [5.41, 5.74) is 1.53. The number of nitrogens with zero attached hydrogens (tertiary/aromatic N) is 1. The van der Waals surface area contributed by atoms with E-state index in [0.29, 0.717) is 5.69 Å². The number of aryl methyl sites for hydroxylation is 1. The Balaban J connectivity index is 3.17. The molecule has 0 aliphatic heterocycles. The van der Waals surface area contributed by atoms with Crippen LogP contribution in [0.4, 0.5) is 5.69 Å². The third-order valence-corrected chi connectivity index (χ3v) is 3.43. The van der Waals surface area contributed by atoms with E-state index >= 15 is 0 Å². The van der Waals surface area contributed by atoms with Crippen molar-refractivity contribution in [1.82, 2.24) is 0 Å². The maximum atomic E-state index is 11.3. The first-order valence-electron chi connectivity index (χ1n) is 4.45. The molecule has 84 valence electrons. The lowest BCUT2D eigenvalue weighted by Crippen LogP contribution is -2.25. The Bertz CT molecular complexity index is 454. The summed E-state index contributed by atoms with van der Waals surface area (Å²) in [4.78, 5) is 0. The standard InChI is InChI=1S/C10H15NO3S/c1-8-7-9(14-3)5-6-10(8)11(2)15(4,12)13/h5-7H,1-4H3. The number of hydrogen-bond donors (Lipinski definition) is 0. The minimum absolute atomic E-state index is 0.665. The average molecular weight is 229 g/mol. The van der Waals surface area contributed by atoms with E-state index in [-0.39, 0.29) is 0 Å². The normalized spacial score (nSPS) is 11.2. The number of ether oxygens (including phenoxy) is 1. The van der Waals surface area contributed by atoms with Gasteiger partial charge >= 0.3 is 0 Å². The SMILES string of the molecule is COc1ccc(N(C)S(C)(=O)=O)c(C)c1. The van der Waals surface area contributed by atoms with Crippen molar-refractivity contribution >= 4 is 15.7 Å². The maximum Gasteiger partial charge on any atom is 0.232 e. The molecule has 0 aromatic heterocycles. The molecule has 0 saturated heterocycles. The van der Waals surface area contributed by atoms with Crippen LogP contribution in [0.1, 0.15) is 5.56 Å². The third kappa shape index (κ3) is 2.62. The second-order valence-corrected chi connectivity index (χ2v) is 5.40. The maximum absolute atomic E-state index is 11.3. The Morgan fingerprint density at radius 1 is 1.33 bits per heavy atom. The highest BCUT2D eigenvalue weighted by atomic mass is 32.2. The van der Waals surface area contributed by atoms with E-state index in [9.17, 15) is 8.42 Å². The van der Waals surface area contributed by atoms with Crippen LogP contribution >= 0.6 is 0 Å². The molecule has 15 heavy (non-hydrogen) atoms. The van der Waals surface area contributed by atoms with Crippen LogP contribution in [-0.4, -0.2) is 28.8 Å². The largest absolute Gasteiger partial charge is 0.497 e. The summed E-state index contributed by atoms with van der Waals surface area (Å²) in [6.07, 6.45) is 1.18. The third-order valence-electron chi connectivity index (χ3n) is 2.24. The molecule has 0 N–H and O–H groups in total. The fourth-order valence-corrected chi connectivity index (χ4v) is 1.85. The van der Waals surface area contributed by atoms with Gasteiger partial charge in [0.2, 0.25) is 10.0 Å². The number of rotatable bonds is 3. The molecule has 1 rings (SSSR count). The average Bonchev–Trinajstić information content (AvgIpc) is 2.15. The molecular formula is C10H15NO3S. The molecule has 4 nitrogen and oxygen atoms in total. The minimum Gasteiger partial charge on any atom is -0.497 e. The van der Waals surface area contributed by atoms with E-state index in [1.54, 1.807) is 25.3 Å². The van der Waals surface area contributed by atoms with Crippen molar-refractivity contribution in [1.29, 1.82) is 0 Å². The van der Waals surface area contributed by atoms with Crippen LogP contribution in [0.2, 0.25) is 0 Å². The highest BCUT2D eigenvalue weighted by molar-refractivity contribution is 7.92. The van der Waals surface area contributed by atoms with E-state index in [4.69, 9.17) is 4.74 Å². The molecule has 0 heterocycles. The fourth-order valence-electron chi connectivity index (χ4n) is 1.29. The first kappa shape index (κ1) is 11.8. The molecular weight excluding hydrogens is 214 g/mol. The minimum atomic E-state index is -3.21. The number of hydrogen-bond acceptors (Lipinski definition) is 3. The molecule has 0 aliphatic rings. The summed E-state index contributed by atoms with van der Waals surface area (Å²) in [6, 6.07) is 5.27. The number of benzene rings is 1. The van der Waals surface area contributed by atoms with Crippen LogP contribution in [0.5, 0.6) is 5.75 Å². The van der Waals surface area contributed by atoms with Gasteiger partial charge in [-0.05, 0) is 30.7 Å². The van der Waals surface area contributed by atoms with E-state index in [1.165, 1.54) is 17.6 Å². The van der Waals surface area contributed by atoms with Crippen molar-refractivity contribution in [3.63, 3.8) is 0 Å². The molecule has 1 aromatic carbocycles. The van der Waals surface area contributed by atoms with Crippen LogP contribution in [0.25, 0.3) is 0 Å². The predicted octanol–water partition coefficient (Wildman–Crippen LogP) is 1.40. The first-order chi connectivity index (χ1) is 6.86. The lowest BCUT2D eigenvalue weighted by molar-refractivity contribution is 0.414. The van der Waals surface area contributed by atoms with Crippen molar-refractivity contribution in [3.05, 3.63) is 23.8 Å². The molecule has 0 radical (unpaired) electrons. The zero-order valence-electron chi connectivity index (χ0n) is 9.31. The molecule has 5 heteroatoms. The van der Waals surface area contributed by atoms with Crippen molar-refractivity contribution < 1.29 is 13.2 Å². The number of sulfonamides is 1. The topological polar surface area (TPSA) is 46.6 Å². The van der Waals surface area contributed by atoms with Crippen LogP contribution in [0.15, 0.2) is 18.2 Å². The van der Waals surface area contributed by atoms with E-state index < -0.39 is 10.0 Å². The molecule has 0 unspecified atom stereocenters. The molecule has 0 spiro atoms. The number of methoxy groups -OCH3 is 1. The Morgan fingerprint density at radius 2 is 1.93 bits per heavy atom. The van der Waals surface area contributed by atoms with Gasteiger partial charge in [0.25, 0.3) is 0 Å². The number of anilines is 1. The smallest absolute Gasteiger partial charge is 0.232 e. The van der Waals surface area contributed by atoms with Gasteiger partial charge in [-0.1, -0.05) is 0 Å². The van der Waals surface area contributed by atoms with E-state index in [1.807, 2.05) is 6.92 Å². The molecule has 1 aromatic rings. The summed E-state index contributed by atoms with van der Waals surface area (Å²) in [5.74, 6) is 0.721. The Labute approximate surface area is 90.5 Å². The second kappa shape index (κ2) is 4.10. The first-order valence-corrected chi connectivity index (χ1v) is 6.29. The highest BCUT2D eigenvalue weighted by Crippen LogP contribution is 2.25. The Morgan fingerprint density at radius 3 is 2.33 bits per heavy atom. The highest BCUT2D eigenvalue weighted by Gasteiger charge is 2.14. The van der Waals surface area contributed by atoms with Crippen molar-refractivity contribution in [3.8, 4) is 5.75 Å². The molecule has 0 amide bonds. The van der Waals surface area contributed by atoms with Crippen molar-refractivity contribution in [2.75, 3.05) is 24.7 Å². The molecule has 0 saturated carbocycles. The molecule has 0 fully saturated rings. The van der Waals surface area contributed by atoms with Crippen LogP contribution in [0.3, 0.4) is 0 Å². The molecule has 0 atom stereocenters. The van der Waals surface area contributed by atoms with Crippen molar-refractivity contribution in [2.45, 2.75) is 6.92 Å². The Kier molecular flexibility index (Phi) is 3.24. The zero-order valence-corrected chi connectivity index (χ0v) is 10.1. The summed E-state index contributed by atoms with van der Waals surface area (Å²) in [5, 5.41) is 0. The van der Waals surface area contributed by atoms with Gasteiger partial charge in [0.1, 0.15) is 5.75 Å². The van der Waals surface area contributed by atoms with Crippen LogP contribution in [0, 0.1) is 6.92 Å². The van der Waals surface area contributed by atoms with Gasteiger partial charge in [-0.2, -0.15) is 0 Å². The Hall–Kier alpha value is -1.23. The zero-order chi connectivity index (χ0) is 11.6. The molecule has 0 aliphatic carbocycles. The van der Waals surface area contributed by atoms with Gasteiger partial charge < -0.3 is 4.74 Å². The summed E-state index contributed by atoms with van der Waals surface area (Å²) in [6.45, 7) is 1.85. The summed E-state index contributed by atoms with van der Waals surface area (Å²) in [7, 11) is -0.0954. The van der Waals surface area contributed by atoms with Gasteiger partial charge in [-0.15, -0.1) is 0 Å². The summed E-state index contributed by atoms with van der Waals surface area (Å²) >= 11 is 0. The summed E-state index contributed by atoms with van der Waals surface area (Å²) < 4.78 is 29.0. The quantitative estimate of drug-likeness (QED) is 0.787. The predicted molar refractivity (Wildman–Crippen MR) is 61.0 cm³/mol. The lowest BCUT2D eigenvalue weighted by Gasteiger charge is -2.19. The fraction of sp³-hybridized carbons (Fsp3) is 0.400. The van der Waals surface area contributed by atoms with Gasteiger partial charge in [0, 0.05) is 7.05 Å².